The third-order valence-electron chi connectivity index (χ3n) is 4.84. The van der Waals surface area contributed by atoms with Gasteiger partial charge in [0, 0.05) is 11.5 Å². The minimum absolute atomic E-state index is 0.254. The lowest BCUT2D eigenvalue weighted by atomic mass is 9.81. The molecule has 3 rings (SSSR count). The van der Waals surface area contributed by atoms with Crippen molar-refractivity contribution in [2.45, 2.75) is 57.8 Å². The van der Waals surface area contributed by atoms with E-state index in [1.54, 1.807) is 0 Å². The molecule has 1 heteroatoms. The summed E-state index contributed by atoms with van der Waals surface area (Å²) in [7, 11) is 0. The van der Waals surface area contributed by atoms with Crippen molar-refractivity contribution in [2.75, 3.05) is 0 Å². The number of carbonyl (C=O) groups is 1. The first-order chi connectivity index (χ1) is 8.81. The highest BCUT2D eigenvalue weighted by molar-refractivity contribution is 6.02. The lowest BCUT2D eigenvalue weighted by Gasteiger charge is -2.24. The van der Waals surface area contributed by atoms with Crippen LogP contribution in [0, 0.1) is 5.92 Å². The zero-order chi connectivity index (χ0) is 12.5. The molecule has 2 aliphatic rings. The number of carbonyl (C=O) groups excluding carboxylic acids is 1. The van der Waals surface area contributed by atoms with Crippen LogP contribution in [-0.2, 0) is 6.42 Å². The third kappa shape index (κ3) is 1.90. The monoisotopic (exact) mass is 242 g/mol. The fourth-order valence-corrected chi connectivity index (χ4v) is 3.75. The Bertz CT molecular complexity index is 455. The van der Waals surface area contributed by atoms with Gasteiger partial charge in [-0.15, -0.1) is 0 Å². The SMILES string of the molecule is CCC1Cc2c(cccc2C2CCCCC2)C1=O. The van der Waals surface area contributed by atoms with Gasteiger partial charge in [-0.25, -0.2) is 0 Å². The lowest BCUT2D eigenvalue weighted by Crippen LogP contribution is -2.07. The minimum Gasteiger partial charge on any atom is -0.294 e. The highest BCUT2D eigenvalue weighted by Crippen LogP contribution is 2.39. The third-order valence-corrected chi connectivity index (χ3v) is 4.84. The fraction of sp³-hybridized carbons (Fsp3) is 0.588. The van der Waals surface area contributed by atoms with Crippen molar-refractivity contribution in [1.82, 2.24) is 0 Å². The highest BCUT2D eigenvalue weighted by atomic mass is 16.1. The van der Waals surface area contributed by atoms with Crippen LogP contribution in [0.25, 0.3) is 0 Å². The van der Waals surface area contributed by atoms with E-state index in [1.165, 1.54) is 43.2 Å². The molecule has 0 spiro atoms. The van der Waals surface area contributed by atoms with Crippen molar-refractivity contribution in [1.29, 1.82) is 0 Å². The number of benzene rings is 1. The van der Waals surface area contributed by atoms with E-state index in [0.717, 1.165) is 24.3 Å². The van der Waals surface area contributed by atoms with E-state index < -0.39 is 0 Å². The van der Waals surface area contributed by atoms with Gasteiger partial charge in [-0.2, -0.15) is 0 Å². The molecule has 0 aliphatic heterocycles. The Morgan fingerprint density at radius 2 is 1.94 bits per heavy atom. The second kappa shape index (κ2) is 4.87. The van der Waals surface area contributed by atoms with Gasteiger partial charge in [0.2, 0.25) is 0 Å². The first-order valence-corrected chi connectivity index (χ1v) is 7.47. The molecule has 96 valence electrons. The maximum absolute atomic E-state index is 12.3. The largest absolute Gasteiger partial charge is 0.294 e. The second-order valence-electron chi connectivity index (χ2n) is 5.88. The van der Waals surface area contributed by atoms with E-state index >= 15 is 0 Å². The van der Waals surface area contributed by atoms with E-state index in [-0.39, 0.29) is 5.92 Å². The number of Topliss-reactive ketones (excluding diaryl/α,β-unsaturated/α-hetero) is 1. The molecular formula is C17H22O. The molecule has 0 radical (unpaired) electrons. The number of hydrogen-bond donors (Lipinski definition) is 0. The Kier molecular flexibility index (Phi) is 3.23. The van der Waals surface area contributed by atoms with Crippen LogP contribution in [0.2, 0.25) is 0 Å². The number of fused-ring (bicyclic) bond motifs is 1. The molecule has 1 fully saturated rings. The first kappa shape index (κ1) is 12.0. The van der Waals surface area contributed by atoms with E-state index in [4.69, 9.17) is 0 Å². The topological polar surface area (TPSA) is 17.1 Å². The molecule has 0 saturated heterocycles. The summed E-state index contributed by atoms with van der Waals surface area (Å²) in [6.07, 6.45) is 8.73. The zero-order valence-corrected chi connectivity index (χ0v) is 11.2. The molecule has 1 saturated carbocycles. The molecular weight excluding hydrogens is 220 g/mol. The molecule has 1 aromatic carbocycles. The predicted octanol–water partition coefficient (Wildman–Crippen LogP) is 4.50. The molecule has 0 amide bonds. The van der Waals surface area contributed by atoms with E-state index in [0.29, 0.717) is 5.78 Å². The van der Waals surface area contributed by atoms with Gasteiger partial charge in [0.15, 0.2) is 5.78 Å². The smallest absolute Gasteiger partial charge is 0.166 e. The van der Waals surface area contributed by atoms with E-state index in [9.17, 15) is 4.79 Å². The zero-order valence-electron chi connectivity index (χ0n) is 11.2. The lowest BCUT2D eigenvalue weighted by molar-refractivity contribution is 0.0934. The molecule has 1 aromatic rings. The molecule has 1 nitrogen and oxygen atoms in total. The Morgan fingerprint density at radius 1 is 1.17 bits per heavy atom. The van der Waals surface area contributed by atoms with Crippen LogP contribution in [0.5, 0.6) is 0 Å². The summed E-state index contributed by atoms with van der Waals surface area (Å²) in [5.41, 5.74) is 3.92. The van der Waals surface area contributed by atoms with Gasteiger partial charge < -0.3 is 0 Å². The van der Waals surface area contributed by atoms with Crippen LogP contribution in [0.1, 0.15) is 72.9 Å². The van der Waals surface area contributed by atoms with E-state index in [1.807, 2.05) is 6.07 Å². The molecule has 0 bridgehead atoms. The summed E-state index contributed by atoms with van der Waals surface area (Å²) in [6.45, 7) is 2.13. The van der Waals surface area contributed by atoms with Crippen molar-refractivity contribution in [3.63, 3.8) is 0 Å². The molecule has 0 N–H and O–H groups in total. The van der Waals surface area contributed by atoms with Crippen molar-refractivity contribution in [2.24, 2.45) is 5.92 Å². The highest BCUT2D eigenvalue weighted by Gasteiger charge is 2.32. The van der Waals surface area contributed by atoms with Crippen LogP contribution in [-0.4, -0.2) is 5.78 Å². The molecule has 1 atom stereocenters. The van der Waals surface area contributed by atoms with Crippen LogP contribution < -0.4 is 0 Å². The van der Waals surface area contributed by atoms with Crippen molar-refractivity contribution in [3.8, 4) is 0 Å². The van der Waals surface area contributed by atoms with E-state index in [2.05, 4.69) is 19.1 Å². The molecule has 1 unspecified atom stereocenters. The van der Waals surface area contributed by atoms with Crippen LogP contribution in [0.3, 0.4) is 0 Å². The van der Waals surface area contributed by atoms with Crippen LogP contribution in [0.15, 0.2) is 18.2 Å². The van der Waals surface area contributed by atoms with Crippen LogP contribution >= 0.6 is 0 Å². The average molecular weight is 242 g/mol. The number of hydrogen-bond acceptors (Lipinski definition) is 1. The number of ketones is 1. The van der Waals surface area contributed by atoms with Crippen molar-refractivity contribution >= 4 is 5.78 Å². The van der Waals surface area contributed by atoms with Gasteiger partial charge >= 0.3 is 0 Å². The van der Waals surface area contributed by atoms with Gasteiger partial charge in [-0.1, -0.05) is 44.4 Å². The molecule has 18 heavy (non-hydrogen) atoms. The van der Waals surface area contributed by atoms with Crippen molar-refractivity contribution in [3.05, 3.63) is 34.9 Å². The molecule has 2 aliphatic carbocycles. The Hall–Kier alpha value is -1.11. The van der Waals surface area contributed by atoms with Gasteiger partial charge in [-0.05, 0) is 42.7 Å². The summed E-state index contributed by atoms with van der Waals surface area (Å²) >= 11 is 0. The maximum Gasteiger partial charge on any atom is 0.166 e. The molecule has 0 aromatic heterocycles. The van der Waals surface area contributed by atoms with Crippen molar-refractivity contribution < 1.29 is 4.79 Å². The summed E-state index contributed by atoms with van der Waals surface area (Å²) in [5.74, 6) is 1.37. The summed E-state index contributed by atoms with van der Waals surface area (Å²) in [4.78, 5) is 12.3. The quantitative estimate of drug-likeness (QED) is 0.746. The number of rotatable bonds is 2. The van der Waals surface area contributed by atoms with Gasteiger partial charge in [-0.3, -0.25) is 4.79 Å². The van der Waals surface area contributed by atoms with Crippen LogP contribution in [0.4, 0.5) is 0 Å². The summed E-state index contributed by atoms with van der Waals surface area (Å²) < 4.78 is 0. The maximum atomic E-state index is 12.3. The Balaban J connectivity index is 1.96. The Labute approximate surface area is 110 Å². The predicted molar refractivity (Wildman–Crippen MR) is 74.1 cm³/mol. The first-order valence-electron chi connectivity index (χ1n) is 7.47. The summed E-state index contributed by atoms with van der Waals surface area (Å²) in [5, 5.41) is 0. The molecule has 0 heterocycles. The standard InChI is InChI=1S/C17H22O/c1-2-12-11-16-14(13-7-4-3-5-8-13)9-6-10-15(16)17(12)18/h6,9-10,12-13H,2-5,7-8,11H2,1H3. The second-order valence-corrected chi connectivity index (χ2v) is 5.88. The summed E-state index contributed by atoms with van der Waals surface area (Å²) in [6, 6.07) is 6.42. The van der Waals surface area contributed by atoms with Gasteiger partial charge in [0.25, 0.3) is 0 Å². The normalized spacial score (nSPS) is 24.3. The fourth-order valence-electron chi connectivity index (χ4n) is 3.75. The minimum atomic E-state index is 0.254. The average Bonchev–Trinajstić information content (AvgIpc) is 2.77. The Morgan fingerprint density at radius 3 is 2.67 bits per heavy atom. The van der Waals surface area contributed by atoms with Gasteiger partial charge in [0.05, 0.1) is 0 Å². The van der Waals surface area contributed by atoms with Gasteiger partial charge in [0.1, 0.15) is 0 Å².